The second-order valence-electron chi connectivity index (χ2n) is 6.65. The zero-order valence-electron chi connectivity index (χ0n) is 16.0. The molecule has 0 bridgehead atoms. The summed E-state index contributed by atoms with van der Waals surface area (Å²) in [6.45, 7) is 10.1. The lowest BCUT2D eigenvalue weighted by molar-refractivity contribution is -0.137. The van der Waals surface area contributed by atoms with Crippen LogP contribution in [0.15, 0.2) is 0 Å². The smallest absolute Gasteiger partial charge is 0.242 e. The number of ether oxygens (including phenoxy) is 1. The Balaban J connectivity index is 4.78. The molecule has 0 spiro atoms. The predicted molar refractivity (Wildman–Crippen MR) is 93.2 cm³/mol. The van der Waals surface area contributed by atoms with Crippen LogP contribution in [0.3, 0.4) is 0 Å². The molecule has 6 heteroatoms. The molecular formula is C17H35N3O3. The van der Waals surface area contributed by atoms with Crippen LogP contribution in [0.2, 0.25) is 0 Å². The number of carbonyl (C=O) groups excluding carboxylic acids is 2. The summed E-state index contributed by atoms with van der Waals surface area (Å²) in [5.74, 6) is 0.176. The summed E-state index contributed by atoms with van der Waals surface area (Å²) in [5, 5.41) is 5.71. The fourth-order valence-corrected chi connectivity index (χ4v) is 3.00. The maximum absolute atomic E-state index is 12.4. The van der Waals surface area contributed by atoms with Crippen molar-refractivity contribution in [3.63, 3.8) is 0 Å². The molecule has 0 aliphatic rings. The van der Waals surface area contributed by atoms with Crippen LogP contribution in [-0.2, 0) is 14.3 Å². The SMILES string of the molecule is CCC(OC)C(C(C)C)N(C)C(=O)CNC(=O)C(NC)C(C)C. The summed E-state index contributed by atoms with van der Waals surface area (Å²) in [6, 6.07) is -0.309. The predicted octanol–water partition coefficient (Wildman–Crippen LogP) is 1.25. The Kier molecular flexibility index (Phi) is 10.1. The highest BCUT2D eigenvalue weighted by Gasteiger charge is 2.30. The van der Waals surface area contributed by atoms with Gasteiger partial charge in [0.15, 0.2) is 0 Å². The molecule has 0 fully saturated rings. The number of nitrogens with one attached hydrogen (secondary N) is 2. The average Bonchev–Trinajstić information content (AvgIpc) is 2.49. The normalized spacial score (nSPS) is 15.4. The highest BCUT2D eigenvalue weighted by molar-refractivity contribution is 5.87. The number of carbonyl (C=O) groups is 2. The maximum Gasteiger partial charge on any atom is 0.242 e. The highest BCUT2D eigenvalue weighted by atomic mass is 16.5. The number of amides is 2. The van der Waals surface area contributed by atoms with Crippen molar-refractivity contribution < 1.29 is 14.3 Å². The molecule has 0 aromatic heterocycles. The van der Waals surface area contributed by atoms with Crippen LogP contribution in [0, 0.1) is 11.8 Å². The average molecular weight is 329 g/mol. The number of nitrogens with zero attached hydrogens (tertiary/aromatic N) is 1. The van der Waals surface area contributed by atoms with Gasteiger partial charge in [0.1, 0.15) is 0 Å². The van der Waals surface area contributed by atoms with Crippen molar-refractivity contribution in [1.29, 1.82) is 0 Å². The Morgan fingerprint density at radius 1 is 1.13 bits per heavy atom. The molecule has 0 aromatic rings. The van der Waals surface area contributed by atoms with Gasteiger partial charge in [-0.1, -0.05) is 34.6 Å². The van der Waals surface area contributed by atoms with Crippen molar-refractivity contribution in [3.05, 3.63) is 0 Å². The molecule has 0 aliphatic carbocycles. The molecule has 0 saturated heterocycles. The largest absolute Gasteiger partial charge is 0.379 e. The van der Waals surface area contributed by atoms with Crippen molar-refractivity contribution in [3.8, 4) is 0 Å². The molecule has 3 unspecified atom stereocenters. The topological polar surface area (TPSA) is 70.7 Å². The minimum atomic E-state index is -0.295. The van der Waals surface area contributed by atoms with Crippen LogP contribution in [0.1, 0.15) is 41.0 Å². The molecule has 23 heavy (non-hydrogen) atoms. The van der Waals surface area contributed by atoms with Gasteiger partial charge in [0.25, 0.3) is 0 Å². The first-order valence-electron chi connectivity index (χ1n) is 8.44. The molecule has 3 atom stereocenters. The zero-order valence-corrected chi connectivity index (χ0v) is 16.0. The summed E-state index contributed by atoms with van der Waals surface area (Å²) in [7, 11) is 5.19. The maximum atomic E-state index is 12.4. The van der Waals surface area contributed by atoms with Gasteiger partial charge in [-0.15, -0.1) is 0 Å². The van der Waals surface area contributed by atoms with E-state index in [4.69, 9.17) is 4.74 Å². The number of methoxy groups -OCH3 is 1. The summed E-state index contributed by atoms with van der Waals surface area (Å²) in [4.78, 5) is 26.3. The van der Waals surface area contributed by atoms with Gasteiger partial charge in [0.05, 0.1) is 24.7 Å². The van der Waals surface area contributed by atoms with E-state index in [0.29, 0.717) is 0 Å². The Morgan fingerprint density at radius 3 is 2.04 bits per heavy atom. The van der Waals surface area contributed by atoms with Gasteiger partial charge in [-0.25, -0.2) is 0 Å². The molecule has 0 saturated carbocycles. The molecule has 0 rings (SSSR count). The monoisotopic (exact) mass is 329 g/mol. The van der Waals surface area contributed by atoms with Crippen LogP contribution >= 0.6 is 0 Å². The number of hydrogen-bond donors (Lipinski definition) is 2. The lowest BCUT2D eigenvalue weighted by Crippen LogP contribution is -2.53. The van der Waals surface area contributed by atoms with E-state index in [1.165, 1.54) is 0 Å². The van der Waals surface area contributed by atoms with E-state index in [2.05, 4.69) is 24.5 Å². The first-order chi connectivity index (χ1) is 10.7. The standard InChI is InChI=1S/C17H35N3O3/c1-9-13(23-8)16(12(4)5)20(7)14(21)10-19-17(22)15(18-6)11(2)3/h11-13,15-16,18H,9-10H2,1-8H3,(H,19,22). The molecular weight excluding hydrogens is 294 g/mol. The first kappa shape index (κ1) is 21.9. The van der Waals surface area contributed by atoms with Crippen molar-refractivity contribution >= 4 is 11.8 Å². The van der Waals surface area contributed by atoms with Crippen LogP contribution in [0.5, 0.6) is 0 Å². The quantitative estimate of drug-likeness (QED) is 0.633. The number of likely N-dealkylation sites (N-methyl/N-ethyl adjacent to an activating group) is 2. The van der Waals surface area contributed by atoms with Gasteiger partial charge in [-0.2, -0.15) is 0 Å². The van der Waals surface area contributed by atoms with E-state index < -0.39 is 0 Å². The van der Waals surface area contributed by atoms with E-state index in [0.717, 1.165) is 6.42 Å². The number of hydrogen-bond acceptors (Lipinski definition) is 4. The van der Waals surface area contributed by atoms with Gasteiger partial charge in [-0.05, 0) is 25.3 Å². The van der Waals surface area contributed by atoms with Crippen molar-refractivity contribution in [1.82, 2.24) is 15.5 Å². The third-order valence-corrected chi connectivity index (χ3v) is 4.28. The van der Waals surface area contributed by atoms with Crippen LogP contribution in [0.25, 0.3) is 0 Å². The highest BCUT2D eigenvalue weighted by Crippen LogP contribution is 2.18. The fraction of sp³-hybridized carbons (Fsp3) is 0.882. The van der Waals surface area contributed by atoms with Crippen LogP contribution < -0.4 is 10.6 Å². The summed E-state index contributed by atoms with van der Waals surface area (Å²) < 4.78 is 5.52. The Morgan fingerprint density at radius 2 is 1.70 bits per heavy atom. The van der Waals surface area contributed by atoms with Crippen molar-refractivity contribution in [2.24, 2.45) is 11.8 Å². The van der Waals surface area contributed by atoms with E-state index in [1.54, 1.807) is 26.1 Å². The van der Waals surface area contributed by atoms with Gasteiger partial charge < -0.3 is 20.3 Å². The molecule has 0 heterocycles. The summed E-state index contributed by atoms with van der Waals surface area (Å²) in [5.41, 5.74) is 0. The second kappa shape index (κ2) is 10.6. The lowest BCUT2D eigenvalue weighted by Gasteiger charge is -2.36. The molecule has 0 aromatic carbocycles. The third-order valence-electron chi connectivity index (χ3n) is 4.28. The summed E-state index contributed by atoms with van der Waals surface area (Å²) >= 11 is 0. The minimum absolute atomic E-state index is 0.00357. The molecule has 0 aliphatic heterocycles. The van der Waals surface area contributed by atoms with E-state index in [-0.39, 0.29) is 48.4 Å². The summed E-state index contributed by atoms with van der Waals surface area (Å²) in [6.07, 6.45) is 0.818. The fourth-order valence-electron chi connectivity index (χ4n) is 3.00. The third kappa shape index (κ3) is 6.47. The zero-order chi connectivity index (χ0) is 18.2. The van der Waals surface area contributed by atoms with Gasteiger partial charge in [0, 0.05) is 14.2 Å². The van der Waals surface area contributed by atoms with E-state index >= 15 is 0 Å². The molecule has 2 amide bonds. The Labute approximate surface area is 141 Å². The molecule has 6 nitrogen and oxygen atoms in total. The van der Waals surface area contributed by atoms with Gasteiger partial charge in [-0.3, -0.25) is 9.59 Å². The molecule has 0 radical (unpaired) electrons. The number of rotatable bonds is 10. The van der Waals surface area contributed by atoms with Crippen molar-refractivity contribution in [2.75, 3.05) is 27.7 Å². The lowest BCUT2D eigenvalue weighted by atomic mass is 9.95. The van der Waals surface area contributed by atoms with Crippen LogP contribution in [-0.4, -0.2) is 62.7 Å². The first-order valence-corrected chi connectivity index (χ1v) is 8.44. The Bertz CT molecular complexity index is 368. The Hall–Kier alpha value is -1.14. The minimum Gasteiger partial charge on any atom is -0.379 e. The van der Waals surface area contributed by atoms with Gasteiger partial charge in [0.2, 0.25) is 11.8 Å². The molecule has 2 N–H and O–H groups in total. The second-order valence-corrected chi connectivity index (χ2v) is 6.65. The van der Waals surface area contributed by atoms with Gasteiger partial charge >= 0.3 is 0 Å². The van der Waals surface area contributed by atoms with E-state index in [9.17, 15) is 9.59 Å². The molecule has 136 valence electrons. The van der Waals surface area contributed by atoms with Crippen molar-refractivity contribution in [2.45, 2.75) is 59.2 Å². The van der Waals surface area contributed by atoms with E-state index in [1.807, 2.05) is 20.8 Å². The van der Waals surface area contributed by atoms with Crippen LogP contribution in [0.4, 0.5) is 0 Å².